The zero-order chi connectivity index (χ0) is 21.9. The van der Waals surface area contributed by atoms with Crippen LogP contribution in [0.5, 0.6) is 0 Å². The summed E-state index contributed by atoms with van der Waals surface area (Å²) in [5.41, 5.74) is 2.54. The SMILES string of the molecule is CC1=C[C@@H]2C[C@H]1[C@H]1C(=O)N(c3ccc(C(=O)OCc4c(Cl)cccc4Cl)cc3)C(=O)[C@@H]12. The number of allylic oxidation sites excluding steroid dienone is 2. The first-order valence-electron chi connectivity index (χ1n) is 10.1. The lowest BCUT2D eigenvalue weighted by Crippen LogP contribution is -2.32. The number of fused-ring (bicyclic) bond motifs is 5. The Morgan fingerprint density at radius 2 is 1.68 bits per heavy atom. The van der Waals surface area contributed by atoms with Crippen molar-refractivity contribution >= 4 is 46.7 Å². The Labute approximate surface area is 189 Å². The van der Waals surface area contributed by atoms with Crippen molar-refractivity contribution in [3.8, 4) is 0 Å². The first-order valence-corrected chi connectivity index (χ1v) is 10.9. The second kappa shape index (κ2) is 7.50. The molecular formula is C24H19Cl2NO4. The van der Waals surface area contributed by atoms with Gasteiger partial charge in [-0.25, -0.2) is 4.79 Å². The average molecular weight is 456 g/mol. The van der Waals surface area contributed by atoms with Crippen LogP contribution in [0, 0.1) is 23.7 Å². The largest absolute Gasteiger partial charge is 0.457 e. The molecule has 0 spiro atoms. The number of nitrogens with zero attached hydrogens (tertiary/aromatic N) is 1. The molecule has 158 valence electrons. The maximum atomic E-state index is 13.0. The maximum absolute atomic E-state index is 13.0. The molecule has 1 saturated carbocycles. The number of ether oxygens (including phenoxy) is 1. The summed E-state index contributed by atoms with van der Waals surface area (Å²) in [6.07, 6.45) is 3.04. The number of benzene rings is 2. The minimum Gasteiger partial charge on any atom is -0.457 e. The lowest BCUT2D eigenvalue weighted by atomic mass is 9.82. The molecule has 7 heteroatoms. The van der Waals surface area contributed by atoms with Gasteiger partial charge in [0, 0.05) is 15.6 Å². The Morgan fingerprint density at radius 3 is 2.35 bits per heavy atom. The van der Waals surface area contributed by atoms with Gasteiger partial charge in [-0.15, -0.1) is 0 Å². The highest BCUT2D eigenvalue weighted by atomic mass is 35.5. The van der Waals surface area contributed by atoms with Crippen LogP contribution in [0.25, 0.3) is 0 Å². The van der Waals surface area contributed by atoms with Crippen molar-refractivity contribution in [2.24, 2.45) is 23.7 Å². The van der Waals surface area contributed by atoms with E-state index in [0.29, 0.717) is 26.9 Å². The van der Waals surface area contributed by atoms with Crippen LogP contribution in [0.1, 0.15) is 29.3 Å². The number of imide groups is 1. The standard InChI is InChI=1S/C24H19Cl2NO4/c1-12-9-14-10-16(12)21-20(14)22(28)27(23(21)29)15-7-5-13(6-8-15)24(30)31-11-17-18(25)3-2-4-19(17)26/h2-9,14,16,20-21H,10-11H2,1H3/t14-,16-,20-,21-/m1/s1. The first kappa shape index (κ1) is 20.3. The summed E-state index contributed by atoms with van der Waals surface area (Å²) in [5.74, 6) is -1.02. The Morgan fingerprint density at radius 1 is 1.03 bits per heavy atom. The van der Waals surface area contributed by atoms with Gasteiger partial charge in [0.1, 0.15) is 6.61 Å². The molecule has 4 atom stereocenters. The van der Waals surface area contributed by atoms with E-state index in [1.165, 1.54) is 10.5 Å². The summed E-state index contributed by atoms with van der Waals surface area (Å²) in [6, 6.07) is 11.4. The van der Waals surface area contributed by atoms with Crippen molar-refractivity contribution in [3.63, 3.8) is 0 Å². The maximum Gasteiger partial charge on any atom is 0.338 e. The number of esters is 1. The fraction of sp³-hybridized carbons (Fsp3) is 0.292. The quantitative estimate of drug-likeness (QED) is 0.367. The van der Waals surface area contributed by atoms with Gasteiger partial charge in [0.25, 0.3) is 0 Å². The van der Waals surface area contributed by atoms with Gasteiger partial charge in [0.2, 0.25) is 11.8 Å². The number of rotatable bonds is 4. The van der Waals surface area contributed by atoms with E-state index in [1.54, 1.807) is 42.5 Å². The Balaban J connectivity index is 1.30. The monoisotopic (exact) mass is 455 g/mol. The van der Waals surface area contributed by atoms with Crippen molar-refractivity contribution < 1.29 is 19.1 Å². The van der Waals surface area contributed by atoms with E-state index in [1.807, 2.05) is 6.92 Å². The molecule has 0 unspecified atom stereocenters. The highest BCUT2D eigenvalue weighted by Crippen LogP contribution is 2.55. The molecule has 0 radical (unpaired) electrons. The zero-order valence-electron chi connectivity index (χ0n) is 16.7. The van der Waals surface area contributed by atoms with Gasteiger partial charge >= 0.3 is 5.97 Å². The summed E-state index contributed by atoms with van der Waals surface area (Å²) < 4.78 is 5.33. The fourth-order valence-corrected chi connectivity index (χ4v) is 5.67. The van der Waals surface area contributed by atoms with Crippen molar-refractivity contribution in [2.75, 3.05) is 4.90 Å². The molecule has 2 bridgehead atoms. The van der Waals surface area contributed by atoms with Crippen molar-refractivity contribution in [1.82, 2.24) is 0 Å². The van der Waals surface area contributed by atoms with E-state index in [9.17, 15) is 14.4 Å². The minimum atomic E-state index is -0.545. The lowest BCUT2D eigenvalue weighted by molar-refractivity contribution is -0.123. The third-order valence-corrected chi connectivity index (χ3v) is 7.36. The van der Waals surface area contributed by atoms with E-state index in [0.717, 1.165) is 6.42 Å². The first-order chi connectivity index (χ1) is 14.9. The summed E-state index contributed by atoms with van der Waals surface area (Å²) in [4.78, 5) is 39.7. The molecule has 2 amide bonds. The van der Waals surface area contributed by atoms with Gasteiger partial charge in [-0.3, -0.25) is 14.5 Å². The normalized spacial score (nSPS) is 26.3. The zero-order valence-corrected chi connectivity index (χ0v) is 18.2. The van der Waals surface area contributed by atoms with E-state index in [-0.39, 0.29) is 42.1 Å². The third-order valence-electron chi connectivity index (χ3n) is 6.65. The molecule has 0 aromatic heterocycles. The van der Waals surface area contributed by atoms with Gasteiger partial charge < -0.3 is 4.74 Å². The summed E-state index contributed by atoms with van der Waals surface area (Å²) in [7, 11) is 0. The fourth-order valence-electron chi connectivity index (χ4n) is 5.17. The van der Waals surface area contributed by atoms with E-state index < -0.39 is 5.97 Å². The molecule has 2 fully saturated rings. The number of anilines is 1. The predicted octanol–water partition coefficient (Wildman–Crippen LogP) is 5.05. The summed E-state index contributed by atoms with van der Waals surface area (Å²) >= 11 is 12.2. The van der Waals surface area contributed by atoms with Crippen molar-refractivity contribution in [3.05, 3.63) is 75.3 Å². The van der Waals surface area contributed by atoms with Gasteiger partial charge in [0.05, 0.1) is 23.1 Å². The molecule has 1 heterocycles. The van der Waals surface area contributed by atoms with Crippen LogP contribution in [-0.4, -0.2) is 17.8 Å². The van der Waals surface area contributed by atoms with E-state index >= 15 is 0 Å². The third kappa shape index (κ3) is 3.19. The van der Waals surface area contributed by atoms with E-state index in [2.05, 4.69) is 6.08 Å². The number of halogens is 2. The predicted molar refractivity (Wildman–Crippen MR) is 117 cm³/mol. The van der Waals surface area contributed by atoms with Gasteiger partial charge in [-0.1, -0.05) is 40.9 Å². The number of hydrogen-bond donors (Lipinski definition) is 0. The molecule has 2 aliphatic carbocycles. The molecule has 2 aromatic rings. The topological polar surface area (TPSA) is 63.7 Å². The molecule has 3 aliphatic rings. The smallest absolute Gasteiger partial charge is 0.338 e. The van der Waals surface area contributed by atoms with Crippen LogP contribution >= 0.6 is 23.2 Å². The van der Waals surface area contributed by atoms with Crippen LogP contribution in [0.4, 0.5) is 5.69 Å². The summed E-state index contributed by atoms with van der Waals surface area (Å²) in [6.45, 7) is 1.98. The van der Waals surface area contributed by atoms with Crippen LogP contribution in [-0.2, 0) is 20.9 Å². The molecular weight excluding hydrogens is 437 g/mol. The molecule has 1 aliphatic heterocycles. The molecule has 5 rings (SSSR count). The lowest BCUT2D eigenvalue weighted by Gasteiger charge is -2.19. The average Bonchev–Trinajstić information content (AvgIpc) is 3.38. The Bertz CT molecular complexity index is 1120. The number of carbonyl (C=O) groups excluding carboxylic acids is 3. The summed E-state index contributed by atoms with van der Waals surface area (Å²) in [5, 5.41) is 0.844. The molecule has 2 aromatic carbocycles. The molecule has 1 saturated heterocycles. The second-order valence-electron chi connectivity index (χ2n) is 8.30. The highest BCUT2D eigenvalue weighted by molar-refractivity contribution is 6.36. The molecule has 31 heavy (non-hydrogen) atoms. The Kier molecular flexibility index (Phi) is 4.91. The van der Waals surface area contributed by atoms with Gasteiger partial charge in [0.15, 0.2) is 0 Å². The number of carbonyl (C=O) groups is 3. The van der Waals surface area contributed by atoms with Crippen LogP contribution < -0.4 is 4.90 Å². The number of amides is 2. The van der Waals surface area contributed by atoms with Gasteiger partial charge in [-0.2, -0.15) is 0 Å². The second-order valence-corrected chi connectivity index (χ2v) is 9.12. The highest BCUT2D eigenvalue weighted by Gasteiger charge is 2.60. The van der Waals surface area contributed by atoms with Crippen LogP contribution in [0.3, 0.4) is 0 Å². The van der Waals surface area contributed by atoms with Crippen molar-refractivity contribution in [2.45, 2.75) is 20.0 Å². The van der Waals surface area contributed by atoms with Crippen LogP contribution in [0.15, 0.2) is 54.1 Å². The Hall–Kier alpha value is -2.63. The minimum absolute atomic E-state index is 0.0549. The molecule has 5 nitrogen and oxygen atoms in total. The number of hydrogen-bond acceptors (Lipinski definition) is 4. The van der Waals surface area contributed by atoms with Crippen molar-refractivity contribution in [1.29, 1.82) is 0 Å². The van der Waals surface area contributed by atoms with Gasteiger partial charge in [-0.05, 0) is 61.6 Å². The van der Waals surface area contributed by atoms with Crippen LogP contribution in [0.2, 0.25) is 10.0 Å². The van der Waals surface area contributed by atoms with E-state index in [4.69, 9.17) is 27.9 Å². The molecule has 0 N–H and O–H groups in total.